The highest BCUT2D eigenvalue weighted by atomic mass is 16.5. The molecule has 0 aromatic heterocycles. The van der Waals surface area contributed by atoms with E-state index in [0.717, 1.165) is 18.7 Å². The molecule has 2 aromatic carbocycles. The summed E-state index contributed by atoms with van der Waals surface area (Å²) in [5.74, 6) is 0.920. The standard InChI is InChI=1S/C16H19NO/c1-2-14-8-6-7-11-16(14)17-12-13-18-15-9-4-3-5-10-15/h3-11,17H,2,12-13H2,1H3. The fourth-order valence-electron chi connectivity index (χ4n) is 1.87. The van der Waals surface area contributed by atoms with Gasteiger partial charge in [0.05, 0.1) is 0 Å². The van der Waals surface area contributed by atoms with Crippen molar-refractivity contribution in [1.82, 2.24) is 0 Å². The molecule has 0 saturated heterocycles. The molecule has 0 amide bonds. The maximum absolute atomic E-state index is 5.64. The Morgan fingerprint density at radius 3 is 2.44 bits per heavy atom. The van der Waals surface area contributed by atoms with Crippen LogP contribution in [0, 0.1) is 0 Å². The van der Waals surface area contributed by atoms with E-state index in [1.54, 1.807) is 0 Å². The average Bonchev–Trinajstić information content (AvgIpc) is 2.45. The lowest BCUT2D eigenvalue weighted by Gasteiger charge is -2.11. The van der Waals surface area contributed by atoms with E-state index in [4.69, 9.17) is 4.74 Å². The quantitative estimate of drug-likeness (QED) is 0.778. The fourth-order valence-corrected chi connectivity index (χ4v) is 1.87. The van der Waals surface area contributed by atoms with E-state index >= 15 is 0 Å². The molecule has 94 valence electrons. The molecule has 2 aromatic rings. The Kier molecular flexibility index (Phi) is 4.65. The minimum Gasteiger partial charge on any atom is -0.492 e. The van der Waals surface area contributed by atoms with Gasteiger partial charge in [0, 0.05) is 12.2 Å². The summed E-state index contributed by atoms with van der Waals surface area (Å²) in [5.41, 5.74) is 2.55. The van der Waals surface area contributed by atoms with Crippen molar-refractivity contribution in [3.05, 3.63) is 60.2 Å². The van der Waals surface area contributed by atoms with Crippen LogP contribution in [0.2, 0.25) is 0 Å². The first kappa shape index (κ1) is 12.5. The molecule has 0 atom stereocenters. The van der Waals surface area contributed by atoms with Crippen molar-refractivity contribution in [2.75, 3.05) is 18.5 Å². The second-order valence-electron chi connectivity index (χ2n) is 4.10. The molecule has 0 aliphatic rings. The Morgan fingerprint density at radius 1 is 0.944 bits per heavy atom. The fraction of sp³-hybridized carbons (Fsp3) is 0.250. The summed E-state index contributed by atoms with van der Waals surface area (Å²) in [6.07, 6.45) is 1.04. The van der Waals surface area contributed by atoms with Gasteiger partial charge < -0.3 is 10.1 Å². The molecule has 0 aliphatic heterocycles. The number of nitrogens with one attached hydrogen (secondary N) is 1. The topological polar surface area (TPSA) is 21.3 Å². The van der Waals surface area contributed by atoms with Gasteiger partial charge in [-0.05, 0) is 30.2 Å². The van der Waals surface area contributed by atoms with Gasteiger partial charge in [-0.25, -0.2) is 0 Å². The van der Waals surface area contributed by atoms with Crippen molar-refractivity contribution in [1.29, 1.82) is 0 Å². The molecular formula is C16H19NO. The van der Waals surface area contributed by atoms with Gasteiger partial charge in [0.1, 0.15) is 12.4 Å². The Hall–Kier alpha value is -1.96. The van der Waals surface area contributed by atoms with E-state index in [0.29, 0.717) is 6.61 Å². The lowest BCUT2D eigenvalue weighted by atomic mass is 10.1. The lowest BCUT2D eigenvalue weighted by molar-refractivity contribution is 0.333. The molecule has 0 spiro atoms. The van der Waals surface area contributed by atoms with Gasteiger partial charge >= 0.3 is 0 Å². The van der Waals surface area contributed by atoms with Gasteiger partial charge in [-0.3, -0.25) is 0 Å². The molecule has 0 unspecified atom stereocenters. The third kappa shape index (κ3) is 3.52. The molecule has 0 heterocycles. The summed E-state index contributed by atoms with van der Waals surface area (Å²) >= 11 is 0. The normalized spacial score (nSPS) is 10.1. The number of benzene rings is 2. The predicted molar refractivity (Wildman–Crippen MR) is 76.2 cm³/mol. The molecule has 0 bridgehead atoms. The SMILES string of the molecule is CCc1ccccc1NCCOc1ccccc1. The number of para-hydroxylation sites is 2. The van der Waals surface area contributed by atoms with Crippen LogP contribution in [0.25, 0.3) is 0 Å². The Morgan fingerprint density at radius 2 is 1.67 bits per heavy atom. The van der Waals surface area contributed by atoms with Crippen LogP contribution in [0.5, 0.6) is 5.75 Å². The number of aryl methyl sites for hydroxylation is 1. The van der Waals surface area contributed by atoms with Crippen LogP contribution < -0.4 is 10.1 Å². The summed E-state index contributed by atoms with van der Waals surface area (Å²) in [6.45, 7) is 3.65. The average molecular weight is 241 g/mol. The zero-order valence-corrected chi connectivity index (χ0v) is 10.7. The molecule has 18 heavy (non-hydrogen) atoms. The second kappa shape index (κ2) is 6.70. The van der Waals surface area contributed by atoms with E-state index in [1.807, 2.05) is 30.3 Å². The van der Waals surface area contributed by atoms with Crippen LogP contribution in [0.4, 0.5) is 5.69 Å². The van der Waals surface area contributed by atoms with Crippen molar-refractivity contribution in [2.24, 2.45) is 0 Å². The van der Waals surface area contributed by atoms with Crippen LogP contribution >= 0.6 is 0 Å². The van der Waals surface area contributed by atoms with E-state index in [2.05, 4.69) is 36.5 Å². The van der Waals surface area contributed by atoms with Gasteiger partial charge in [0.25, 0.3) is 0 Å². The number of ether oxygens (including phenoxy) is 1. The van der Waals surface area contributed by atoms with E-state index in [1.165, 1.54) is 11.3 Å². The minimum absolute atomic E-state index is 0.669. The third-order valence-corrected chi connectivity index (χ3v) is 2.83. The molecule has 0 saturated carbocycles. The van der Waals surface area contributed by atoms with Crippen LogP contribution in [-0.2, 0) is 6.42 Å². The Balaban J connectivity index is 1.78. The first-order valence-corrected chi connectivity index (χ1v) is 6.40. The minimum atomic E-state index is 0.669. The summed E-state index contributed by atoms with van der Waals surface area (Å²) in [5, 5.41) is 3.41. The lowest BCUT2D eigenvalue weighted by Crippen LogP contribution is -2.12. The van der Waals surface area contributed by atoms with Crippen LogP contribution in [0.1, 0.15) is 12.5 Å². The number of hydrogen-bond acceptors (Lipinski definition) is 2. The second-order valence-corrected chi connectivity index (χ2v) is 4.10. The molecular weight excluding hydrogens is 222 g/mol. The van der Waals surface area contributed by atoms with Crippen molar-refractivity contribution >= 4 is 5.69 Å². The summed E-state index contributed by atoms with van der Waals surface area (Å²) in [7, 11) is 0. The Labute approximate surface area is 109 Å². The molecule has 0 aliphatic carbocycles. The molecule has 2 nitrogen and oxygen atoms in total. The third-order valence-electron chi connectivity index (χ3n) is 2.83. The van der Waals surface area contributed by atoms with Crippen molar-refractivity contribution in [2.45, 2.75) is 13.3 Å². The number of anilines is 1. The van der Waals surface area contributed by atoms with Gasteiger partial charge in [0.15, 0.2) is 0 Å². The van der Waals surface area contributed by atoms with Crippen molar-refractivity contribution in [3.8, 4) is 5.75 Å². The highest BCUT2D eigenvalue weighted by Gasteiger charge is 1.98. The van der Waals surface area contributed by atoms with Gasteiger partial charge in [-0.1, -0.05) is 43.3 Å². The van der Waals surface area contributed by atoms with Gasteiger partial charge in [-0.15, -0.1) is 0 Å². The molecule has 2 rings (SSSR count). The van der Waals surface area contributed by atoms with E-state index < -0.39 is 0 Å². The Bertz CT molecular complexity index is 468. The maximum atomic E-state index is 5.64. The number of hydrogen-bond donors (Lipinski definition) is 1. The summed E-state index contributed by atoms with van der Waals surface area (Å²) in [4.78, 5) is 0. The van der Waals surface area contributed by atoms with Gasteiger partial charge in [0.2, 0.25) is 0 Å². The van der Waals surface area contributed by atoms with E-state index in [9.17, 15) is 0 Å². The highest BCUT2D eigenvalue weighted by molar-refractivity contribution is 5.50. The molecule has 2 heteroatoms. The highest BCUT2D eigenvalue weighted by Crippen LogP contribution is 2.15. The molecule has 0 radical (unpaired) electrons. The molecule has 0 fully saturated rings. The predicted octanol–water partition coefficient (Wildman–Crippen LogP) is 3.74. The van der Waals surface area contributed by atoms with Crippen molar-refractivity contribution in [3.63, 3.8) is 0 Å². The zero-order valence-electron chi connectivity index (χ0n) is 10.7. The first-order chi connectivity index (χ1) is 8.90. The van der Waals surface area contributed by atoms with Crippen molar-refractivity contribution < 1.29 is 4.74 Å². The smallest absolute Gasteiger partial charge is 0.119 e. The number of rotatable bonds is 6. The monoisotopic (exact) mass is 241 g/mol. The van der Waals surface area contributed by atoms with E-state index in [-0.39, 0.29) is 0 Å². The summed E-state index contributed by atoms with van der Waals surface area (Å²) in [6, 6.07) is 18.3. The molecule has 1 N–H and O–H groups in total. The maximum Gasteiger partial charge on any atom is 0.119 e. The first-order valence-electron chi connectivity index (χ1n) is 6.40. The van der Waals surface area contributed by atoms with Crippen LogP contribution in [0.3, 0.4) is 0 Å². The summed E-state index contributed by atoms with van der Waals surface area (Å²) < 4.78 is 5.64. The van der Waals surface area contributed by atoms with Crippen LogP contribution in [-0.4, -0.2) is 13.2 Å². The largest absolute Gasteiger partial charge is 0.492 e. The van der Waals surface area contributed by atoms with Gasteiger partial charge in [-0.2, -0.15) is 0 Å². The van der Waals surface area contributed by atoms with Crippen LogP contribution in [0.15, 0.2) is 54.6 Å². The zero-order chi connectivity index (χ0) is 12.6.